The summed E-state index contributed by atoms with van der Waals surface area (Å²) in [5, 5.41) is 14.6. The Morgan fingerprint density at radius 3 is 2.71 bits per heavy atom. The van der Waals surface area contributed by atoms with Crippen LogP contribution in [0.3, 0.4) is 0 Å². The lowest BCUT2D eigenvalue weighted by atomic mass is 9.89. The van der Waals surface area contributed by atoms with E-state index in [1.165, 1.54) is 0 Å². The molecule has 1 aliphatic heterocycles. The van der Waals surface area contributed by atoms with Gasteiger partial charge in [-0.15, -0.1) is 0 Å². The predicted molar refractivity (Wildman–Crippen MR) is 64.7 cm³/mol. The minimum Gasteiger partial charge on any atom is -0.481 e. The van der Waals surface area contributed by atoms with Crippen molar-refractivity contribution in [1.29, 1.82) is 0 Å². The maximum Gasteiger partial charge on any atom is 0.303 e. The molecule has 0 saturated carbocycles. The van der Waals surface area contributed by atoms with Crippen LogP contribution in [0.2, 0.25) is 0 Å². The van der Waals surface area contributed by atoms with E-state index in [0.29, 0.717) is 13.0 Å². The number of carboxylic acid groups (broad SMARTS) is 1. The van der Waals surface area contributed by atoms with Gasteiger partial charge in [-0.3, -0.25) is 9.59 Å². The Bertz CT molecular complexity index is 273. The van der Waals surface area contributed by atoms with Crippen LogP contribution in [0.1, 0.15) is 39.0 Å². The third-order valence-electron chi connectivity index (χ3n) is 3.27. The molecule has 98 valence electrons. The maximum atomic E-state index is 11.9. The Morgan fingerprint density at radius 2 is 2.12 bits per heavy atom. The third kappa shape index (κ3) is 4.73. The van der Waals surface area contributed by atoms with Crippen LogP contribution < -0.4 is 10.6 Å². The van der Waals surface area contributed by atoms with Crippen LogP contribution in [0.25, 0.3) is 0 Å². The van der Waals surface area contributed by atoms with Gasteiger partial charge in [-0.1, -0.05) is 6.42 Å². The van der Waals surface area contributed by atoms with Gasteiger partial charge in [-0.25, -0.2) is 0 Å². The Morgan fingerprint density at radius 1 is 1.35 bits per heavy atom. The fraction of sp³-hybridized carbons (Fsp3) is 0.833. The number of hydrogen-bond acceptors (Lipinski definition) is 3. The van der Waals surface area contributed by atoms with E-state index in [0.717, 1.165) is 32.4 Å². The first kappa shape index (κ1) is 14.0. The largest absolute Gasteiger partial charge is 0.481 e. The Hall–Kier alpha value is -1.10. The molecule has 0 aromatic carbocycles. The molecule has 1 fully saturated rings. The Kier molecular flexibility index (Phi) is 5.41. The molecule has 1 aliphatic rings. The molecule has 1 amide bonds. The highest BCUT2D eigenvalue weighted by Crippen LogP contribution is 2.24. The van der Waals surface area contributed by atoms with E-state index in [1.54, 1.807) is 0 Å². The van der Waals surface area contributed by atoms with Gasteiger partial charge >= 0.3 is 5.97 Å². The van der Waals surface area contributed by atoms with Crippen LogP contribution in [0.4, 0.5) is 0 Å². The summed E-state index contributed by atoms with van der Waals surface area (Å²) >= 11 is 0. The number of aliphatic carboxylic acids is 1. The molecule has 0 aromatic heterocycles. The number of hydrogen-bond donors (Lipinski definition) is 3. The lowest BCUT2D eigenvalue weighted by Crippen LogP contribution is -2.40. The van der Waals surface area contributed by atoms with Crippen molar-refractivity contribution < 1.29 is 14.7 Å². The second kappa shape index (κ2) is 6.59. The van der Waals surface area contributed by atoms with E-state index in [-0.39, 0.29) is 17.7 Å². The van der Waals surface area contributed by atoms with Crippen LogP contribution >= 0.6 is 0 Å². The van der Waals surface area contributed by atoms with Crippen molar-refractivity contribution in [3.63, 3.8) is 0 Å². The molecule has 1 unspecified atom stereocenters. The van der Waals surface area contributed by atoms with Crippen molar-refractivity contribution >= 4 is 11.9 Å². The smallest absolute Gasteiger partial charge is 0.303 e. The van der Waals surface area contributed by atoms with Crippen molar-refractivity contribution in [2.24, 2.45) is 5.41 Å². The van der Waals surface area contributed by atoms with Crippen molar-refractivity contribution in [2.75, 3.05) is 19.6 Å². The molecular weight excluding hydrogens is 220 g/mol. The number of unbranched alkanes of at least 4 members (excludes halogenated alkanes) is 2. The molecule has 17 heavy (non-hydrogen) atoms. The van der Waals surface area contributed by atoms with Gasteiger partial charge in [0.15, 0.2) is 0 Å². The average Bonchev–Trinajstić information content (AvgIpc) is 2.71. The summed E-state index contributed by atoms with van der Waals surface area (Å²) in [6.45, 7) is 4.28. The molecule has 1 rings (SSSR count). The fourth-order valence-corrected chi connectivity index (χ4v) is 2.00. The monoisotopic (exact) mass is 242 g/mol. The summed E-state index contributed by atoms with van der Waals surface area (Å²) in [6.07, 6.45) is 3.49. The highest BCUT2D eigenvalue weighted by Gasteiger charge is 2.35. The van der Waals surface area contributed by atoms with Crippen LogP contribution in [0.15, 0.2) is 0 Å². The first-order chi connectivity index (χ1) is 8.04. The van der Waals surface area contributed by atoms with Crippen LogP contribution in [0.5, 0.6) is 0 Å². The van der Waals surface area contributed by atoms with Crippen molar-refractivity contribution in [3.05, 3.63) is 0 Å². The summed E-state index contributed by atoms with van der Waals surface area (Å²) in [5.41, 5.74) is -0.263. The quantitative estimate of drug-likeness (QED) is 0.576. The highest BCUT2D eigenvalue weighted by molar-refractivity contribution is 5.82. The average molecular weight is 242 g/mol. The van der Waals surface area contributed by atoms with Gasteiger partial charge in [-0.2, -0.15) is 0 Å². The molecule has 0 radical (unpaired) electrons. The van der Waals surface area contributed by atoms with E-state index < -0.39 is 5.97 Å². The molecule has 1 heterocycles. The van der Waals surface area contributed by atoms with E-state index in [4.69, 9.17) is 5.11 Å². The molecule has 1 saturated heterocycles. The molecular formula is C12H22N2O3. The number of amides is 1. The zero-order valence-electron chi connectivity index (χ0n) is 10.4. The molecule has 5 heteroatoms. The number of carbonyl (C=O) groups excluding carboxylic acids is 1. The van der Waals surface area contributed by atoms with Gasteiger partial charge in [-0.05, 0) is 32.7 Å². The summed E-state index contributed by atoms with van der Waals surface area (Å²) in [7, 11) is 0. The normalized spacial score (nSPS) is 23.6. The SMILES string of the molecule is CC1(C(=O)NCCCCCC(=O)O)CCNC1. The summed E-state index contributed by atoms with van der Waals surface area (Å²) in [5.74, 6) is -0.640. The standard InChI is InChI=1S/C12H22N2O3/c1-12(6-8-13-9-12)11(17)14-7-4-2-3-5-10(15)16/h13H,2-9H2,1H3,(H,14,17)(H,15,16). The Balaban J connectivity index is 2.06. The molecule has 3 N–H and O–H groups in total. The number of carbonyl (C=O) groups is 2. The predicted octanol–water partition coefficient (Wildman–Crippen LogP) is 0.747. The molecule has 1 atom stereocenters. The van der Waals surface area contributed by atoms with Gasteiger partial charge in [0, 0.05) is 19.5 Å². The molecule has 0 bridgehead atoms. The highest BCUT2D eigenvalue weighted by atomic mass is 16.4. The third-order valence-corrected chi connectivity index (χ3v) is 3.27. The lowest BCUT2D eigenvalue weighted by molar-refractivity contribution is -0.137. The number of carboxylic acids is 1. The van der Waals surface area contributed by atoms with E-state index in [1.807, 2.05) is 6.92 Å². The van der Waals surface area contributed by atoms with Gasteiger partial charge in [0.25, 0.3) is 0 Å². The number of rotatable bonds is 7. The zero-order valence-corrected chi connectivity index (χ0v) is 10.4. The molecule has 5 nitrogen and oxygen atoms in total. The van der Waals surface area contributed by atoms with Crippen LogP contribution in [0, 0.1) is 5.41 Å². The molecule has 0 spiro atoms. The zero-order chi connectivity index (χ0) is 12.7. The van der Waals surface area contributed by atoms with E-state index in [2.05, 4.69) is 10.6 Å². The first-order valence-electron chi connectivity index (χ1n) is 6.25. The number of nitrogens with one attached hydrogen (secondary N) is 2. The minimum atomic E-state index is -0.751. The molecule has 0 aliphatic carbocycles. The van der Waals surface area contributed by atoms with Gasteiger partial charge in [0.1, 0.15) is 0 Å². The second-order valence-electron chi connectivity index (χ2n) is 4.95. The minimum absolute atomic E-state index is 0.112. The second-order valence-corrected chi connectivity index (χ2v) is 4.95. The topological polar surface area (TPSA) is 78.4 Å². The van der Waals surface area contributed by atoms with Crippen molar-refractivity contribution in [2.45, 2.75) is 39.0 Å². The van der Waals surface area contributed by atoms with Gasteiger partial charge in [0.05, 0.1) is 5.41 Å². The maximum absolute atomic E-state index is 11.9. The van der Waals surface area contributed by atoms with E-state index in [9.17, 15) is 9.59 Å². The van der Waals surface area contributed by atoms with Gasteiger partial charge in [0.2, 0.25) is 5.91 Å². The summed E-state index contributed by atoms with van der Waals surface area (Å²) in [6, 6.07) is 0. The molecule has 0 aromatic rings. The van der Waals surface area contributed by atoms with Crippen LogP contribution in [-0.4, -0.2) is 36.6 Å². The van der Waals surface area contributed by atoms with Crippen LogP contribution in [-0.2, 0) is 9.59 Å². The lowest BCUT2D eigenvalue weighted by Gasteiger charge is -2.21. The summed E-state index contributed by atoms with van der Waals surface area (Å²) < 4.78 is 0. The van der Waals surface area contributed by atoms with Gasteiger partial charge < -0.3 is 15.7 Å². The fourth-order valence-electron chi connectivity index (χ4n) is 2.00. The van der Waals surface area contributed by atoms with E-state index >= 15 is 0 Å². The first-order valence-corrected chi connectivity index (χ1v) is 6.25. The Labute approximate surface area is 102 Å². The van der Waals surface area contributed by atoms with Crippen molar-refractivity contribution in [1.82, 2.24) is 10.6 Å². The summed E-state index contributed by atoms with van der Waals surface area (Å²) in [4.78, 5) is 22.1. The van der Waals surface area contributed by atoms with Crippen molar-refractivity contribution in [3.8, 4) is 0 Å².